The van der Waals surface area contributed by atoms with Gasteiger partial charge in [0.1, 0.15) is 5.82 Å². The number of halogens is 1. The summed E-state index contributed by atoms with van der Waals surface area (Å²) in [4.78, 5) is 0. The Morgan fingerprint density at radius 3 is 2.50 bits per heavy atom. The van der Waals surface area contributed by atoms with E-state index in [4.69, 9.17) is 5.84 Å². The van der Waals surface area contributed by atoms with Crippen LogP contribution in [-0.4, -0.2) is 0 Å². The number of nitrogens with two attached hydrogens (primary N) is 1. The first-order valence-electron chi connectivity index (χ1n) is 5.86. The van der Waals surface area contributed by atoms with Crippen LogP contribution in [0.3, 0.4) is 0 Å². The molecular formula is C13H19FN2. The fourth-order valence-corrected chi connectivity index (χ4v) is 2.55. The Morgan fingerprint density at radius 1 is 1.38 bits per heavy atom. The standard InChI is InChI=1S/C13H19FN2/c1-8-6-9(2)12(11(14)7-8)13(16-15)10-4-3-5-10/h6-7,10,13,16H,3-5,15H2,1-2H3. The van der Waals surface area contributed by atoms with Gasteiger partial charge in [0.05, 0.1) is 6.04 Å². The van der Waals surface area contributed by atoms with Crippen molar-refractivity contribution in [2.75, 3.05) is 0 Å². The van der Waals surface area contributed by atoms with Gasteiger partial charge in [0.15, 0.2) is 0 Å². The number of aryl methyl sites for hydroxylation is 2. The largest absolute Gasteiger partial charge is 0.271 e. The molecule has 0 radical (unpaired) electrons. The Hall–Kier alpha value is -0.930. The summed E-state index contributed by atoms with van der Waals surface area (Å²) in [5, 5.41) is 0. The first-order chi connectivity index (χ1) is 7.63. The lowest BCUT2D eigenvalue weighted by Gasteiger charge is -2.34. The lowest BCUT2D eigenvalue weighted by molar-refractivity contribution is 0.227. The van der Waals surface area contributed by atoms with Gasteiger partial charge in [-0.05, 0) is 49.8 Å². The summed E-state index contributed by atoms with van der Waals surface area (Å²) in [5.41, 5.74) is 5.48. The van der Waals surface area contributed by atoms with E-state index in [-0.39, 0.29) is 11.9 Å². The fourth-order valence-electron chi connectivity index (χ4n) is 2.55. The molecule has 0 heterocycles. The van der Waals surface area contributed by atoms with Gasteiger partial charge in [0, 0.05) is 5.56 Å². The average Bonchev–Trinajstić information content (AvgIpc) is 2.11. The van der Waals surface area contributed by atoms with Crippen LogP contribution >= 0.6 is 0 Å². The van der Waals surface area contributed by atoms with Crippen LogP contribution in [0.25, 0.3) is 0 Å². The van der Waals surface area contributed by atoms with Crippen molar-refractivity contribution in [3.8, 4) is 0 Å². The van der Waals surface area contributed by atoms with Crippen molar-refractivity contribution in [1.82, 2.24) is 5.43 Å². The molecule has 1 atom stereocenters. The molecule has 1 fully saturated rings. The molecule has 2 nitrogen and oxygen atoms in total. The Kier molecular flexibility index (Phi) is 3.26. The van der Waals surface area contributed by atoms with E-state index in [9.17, 15) is 4.39 Å². The molecule has 1 saturated carbocycles. The summed E-state index contributed by atoms with van der Waals surface area (Å²) in [6, 6.07) is 3.57. The van der Waals surface area contributed by atoms with E-state index in [1.807, 2.05) is 19.9 Å². The molecule has 2 rings (SSSR count). The Bertz CT molecular complexity index is 363. The van der Waals surface area contributed by atoms with Gasteiger partial charge in [-0.15, -0.1) is 0 Å². The third-order valence-corrected chi connectivity index (χ3v) is 3.59. The number of hydrogen-bond acceptors (Lipinski definition) is 2. The van der Waals surface area contributed by atoms with Gasteiger partial charge in [-0.1, -0.05) is 12.5 Å². The highest BCUT2D eigenvalue weighted by molar-refractivity contribution is 5.35. The minimum Gasteiger partial charge on any atom is -0.271 e. The second-order valence-electron chi connectivity index (χ2n) is 4.81. The van der Waals surface area contributed by atoms with Crippen LogP contribution in [0, 0.1) is 25.6 Å². The second kappa shape index (κ2) is 4.52. The number of benzene rings is 1. The molecule has 3 N–H and O–H groups in total. The maximum atomic E-state index is 14.0. The minimum absolute atomic E-state index is 0.0330. The van der Waals surface area contributed by atoms with Gasteiger partial charge < -0.3 is 0 Å². The van der Waals surface area contributed by atoms with E-state index in [1.165, 1.54) is 6.42 Å². The molecule has 0 aromatic heterocycles. The number of nitrogens with one attached hydrogen (secondary N) is 1. The molecule has 1 aromatic carbocycles. The van der Waals surface area contributed by atoms with E-state index in [0.29, 0.717) is 5.92 Å². The van der Waals surface area contributed by atoms with Gasteiger partial charge in [-0.3, -0.25) is 11.3 Å². The molecule has 1 aliphatic carbocycles. The van der Waals surface area contributed by atoms with Crippen LogP contribution < -0.4 is 11.3 Å². The molecule has 1 aliphatic rings. The zero-order chi connectivity index (χ0) is 11.7. The quantitative estimate of drug-likeness (QED) is 0.609. The summed E-state index contributed by atoms with van der Waals surface area (Å²) in [5.74, 6) is 5.93. The van der Waals surface area contributed by atoms with E-state index in [1.54, 1.807) is 6.07 Å². The zero-order valence-electron chi connectivity index (χ0n) is 9.89. The van der Waals surface area contributed by atoms with Crippen molar-refractivity contribution in [2.45, 2.75) is 39.2 Å². The van der Waals surface area contributed by atoms with Crippen molar-refractivity contribution >= 4 is 0 Å². The summed E-state index contributed by atoms with van der Waals surface area (Å²) in [7, 11) is 0. The van der Waals surface area contributed by atoms with Crippen molar-refractivity contribution in [3.63, 3.8) is 0 Å². The first kappa shape index (κ1) is 11.6. The van der Waals surface area contributed by atoms with Gasteiger partial charge in [-0.2, -0.15) is 0 Å². The van der Waals surface area contributed by atoms with Crippen LogP contribution in [0.2, 0.25) is 0 Å². The highest BCUT2D eigenvalue weighted by Crippen LogP contribution is 2.39. The molecule has 0 spiro atoms. The van der Waals surface area contributed by atoms with Gasteiger partial charge in [0.25, 0.3) is 0 Å². The molecule has 16 heavy (non-hydrogen) atoms. The van der Waals surface area contributed by atoms with Gasteiger partial charge >= 0.3 is 0 Å². The molecule has 0 amide bonds. The lowest BCUT2D eigenvalue weighted by atomic mass is 9.76. The van der Waals surface area contributed by atoms with E-state index < -0.39 is 0 Å². The monoisotopic (exact) mass is 222 g/mol. The maximum absolute atomic E-state index is 14.0. The fraction of sp³-hybridized carbons (Fsp3) is 0.538. The van der Waals surface area contributed by atoms with Crippen LogP contribution in [0.4, 0.5) is 4.39 Å². The third kappa shape index (κ3) is 1.97. The van der Waals surface area contributed by atoms with Crippen LogP contribution in [0.5, 0.6) is 0 Å². The number of rotatable bonds is 3. The molecule has 0 saturated heterocycles. The molecule has 88 valence electrons. The first-order valence-corrected chi connectivity index (χ1v) is 5.86. The van der Waals surface area contributed by atoms with E-state index >= 15 is 0 Å². The predicted octanol–water partition coefficient (Wildman–Crippen LogP) is 2.75. The highest BCUT2D eigenvalue weighted by Gasteiger charge is 2.30. The van der Waals surface area contributed by atoms with Gasteiger partial charge in [-0.25, -0.2) is 4.39 Å². The molecule has 3 heteroatoms. The van der Waals surface area contributed by atoms with Crippen molar-refractivity contribution in [3.05, 3.63) is 34.6 Å². The van der Waals surface area contributed by atoms with Crippen LogP contribution in [0.1, 0.15) is 42.0 Å². The molecule has 0 bridgehead atoms. The van der Waals surface area contributed by atoms with Crippen LogP contribution in [-0.2, 0) is 0 Å². The summed E-state index contributed by atoms with van der Waals surface area (Å²) in [6.07, 6.45) is 3.51. The second-order valence-corrected chi connectivity index (χ2v) is 4.81. The Morgan fingerprint density at radius 2 is 2.06 bits per heavy atom. The van der Waals surface area contributed by atoms with E-state index in [0.717, 1.165) is 29.5 Å². The number of hydrazine groups is 1. The average molecular weight is 222 g/mol. The SMILES string of the molecule is Cc1cc(C)c(C(NN)C2CCC2)c(F)c1. The van der Waals surface area contributed by atoms with E-state index in [2.05, 4.69) is 5.43 Å². The molecule has 1 aromatic rings. The zero-order valence-corrected chi connectivity index (χ0v) is 9.89. The van der Waals surface area contributed by atoms with Crippen molar-refractivity contribution in [1.29, 1.82) is 0 Å². The summed E-state index contributed by atoms with van der Waals surface area (Å²) < 4.78 is 14.0. The minimum atomic E-state index is -0.132. The summed E-state index contributed by atoms with van der Waals surface area (Å²) >= 11 is 0. The molecule has 0 aliphatic heterocycles. The smallest absolute Gasteiger partial charge is 0.128 e. The number of hydrogen-bond donors (Lipinski definition) is 2. The normalized spacial score (nSPS) is 18.2. The topological polar surface area (TPSA) is 38.0 Å². The summed E-state index contributed by atoms with van der Waals surface area (Å²) in [6.45, 7) is 3.86. The van der Waals surface area contributed by atoms with Gasteiger partial charge in [0.2, 0.25) is 0 Å². The van der Waals surface area contributed by atoms with Crippen molar-refractivity contribution < 1.29 is 4.39 Å². The Balaban J connectivity index is 2.36. The predicted molar refractivity (Wildman–Crippen MR) is 63.3 cm³/mol. The third-order valence-electron chi connectivity index (χ3n) is 3.59. The van der Waals surface area contributed by atoms with Crippen molar-refractivity contribution in [2.24, 2.45) is 11.8 Å². The van der Waals surface area contributed by atoms with Crippen LogP contribution in [0.15, 0.2) is 12.1 Å². The Labute approximate surface area is 96.0 Å². The molecular weight excluding hydrogens is 203 g/mol. The maximum Gasteiger partial charge on any atom is 0.128 e. The molecule has 1 unspecified atom stereocenters. The highest BCUT2D eigenvalue weighted by atomic mass is 19.1. The lowest BCUT2D eigenvalue weighted by Crippen LogP contribution is -2.37.